The third-order valence-electron chi connectivity index (χ3n) is 1.37. The van der Waals surface area contributed by atoms with Gasteiger partial charge in [-0.05, 0) is 18.2 Å². The lowest BCUT2D eigenvalue weighted by Gasteiger charge is -2.01. The Morgan fingerprint density at radius 3 is 2.85 bits per heavy atom. The fourth-order valence-corrected chi connectivity index (χ4v) is 1.10. The lowest BCUT2D eigenvalue weighted by atomic mass is 10.2. The van der Waals surface area contributed by atoms with Gasteiger partial charge in [0, 0.05) is 5.02 Å². The molecule has 0 unspecified atom stereocenters. The van der Waals surface area contributed by atoms with Crippen LogP contribution in [0.2, 0.25) is 5.02 Å². The average molecular weight is 219 g/mol. The summed E-state index contributed by atoms with van der Waals surface area (Å²) >= 11 is 11.1. The van der Waals surface area contributed by atoms with Gasteiger partial charge in [-0.2, -0.15) is 0 Å². The topological polar surface area (TPSA) is 26.3 Å². The maximum absolute atomic E-state index is 11.2. The summed E-state index contributed by atoms with van der Waals surface area (Å²) < 4.78 is 4.80. The summed E-state index contributed by atoms with van der Waals surface area (Å²) in [5.74, 6) is -0.102. The minimum atomic E-state index is -0.400. The molecule has 0 heterocycles. The molecule has 0 amide bonds. The molecule has 0 saturated carbocycles. The summed E-state index contributed by atoms with van der Waals surface area (Å²) in [7, 11) is 0. The van der Waals surface area contributed by atoms with Gasteiger partial charge in [-0.3, -0.25) is 0 Å². The minimum absolute atomic E-state index is 0.215. The highest BCUT2D eigenvalue weighted by molar-refractivity contribution is 6.30. The standard InChI is InChI=1S/C9H8Cl2O2/c10-4-5-13-9(12)7-2-1-3-8(11)6-7/h1-3,6H,4-5H2. The number of alkyl halides is 1. The Hall–Kier alpha value is -0.730. The SMILES string of the molecule is O=C(OCCCl)c1cccc(Cl)c1. The Labute approximate surface area is 86.4 Å². The van der Waals surface area contributed by atoms with Crippen molar-refractivity contribution < 1.29 is 9.53 Å². The molecule has 0 fully saturated rings. The predicted molar refractivity (Wildman–Crippen MR) is 52.5 cm³/mol. The zero-order chi connectivity index (χ0) is 9.68. The monoisotopic (exact) mass is 218 g/mol. The van der Waals surface area contributed by atoms with Crippen LogP contribution >= 0.6 is 23.2 Å². The van der Waals surface area contributed by atoms with Crippen LogP contribution in [-0.2, 0) is 4.74 Å². The number of carbonyl (C=O) groups excluding carboxylic acids is 1. The summed E-state index contributed by atoms with van der Waals surface area (Å²) in [5, 5.41) is 0.514. The molecule has 1 aromatic carbocycles. The first-order valence-electron chi connectivity index (χ1n) is 3.72. The van der Waals surface area contributed by atoms with Crippen molar-refractivity contribution in [2.24, 2.45) is 0 Å². The van der Waals surface area contributed by atoms with Crippen LogP contribution in [0, 0.1) is 0 Å². The molecular formula is C9H8Cl2O2. The maximum atomic E-state index is 11.2. The first-order chi connectivity index (χ1) is 6.24. The van der Waals surface area contributed by atoms with Gasteiger partial charge >= 0.3 is 5.97 Å². The molecule has 0 N–H and O–H groups in total. The average Bonchev–Trinajstić information content (AvgIpc) is 2.14. The van der Waals surface area contributed by atoms with E-state index in [-0.39, 0.29) is 6.61 Å². The molecule has 1 aromatic rings. The summed E-state index contributed by atoms with van der Waals surface area (Å²) in [6.07, 6.45) is 0. The Balaban J connectivity index is 2.66. The Morgan fingerprint density at radius 2 is 2.23 bits per heavy atom. The van der Waals surface area contributed by atoms with E-state index in [9.17, 15) is 4.79 Å². The maximum Gasteiger partial charge on any atom is 0.338 e. The summed E-state index contributed by atoms with van der Waals surface area (Å²) in [6, 6.07) is 6.58. The quantitative estimate of drug-likeness (QED) is 0.577. The zero-order valence-electron chi connectivity index (χ0n) is 6.80. The van der Waals surface area contributed by atoms with E-state index in [1.54, 1.807) is 24.3 Å². The molecule has 1 rings (SSSR count). The predicted octanol–water partition coefficient (Wildman–Crippen LogP) is 2.74. The van der Waals surface area contributed by atoms with Crippen LogP contribution in [0.25, 0.3) is 0 Å². The van der Waals surface area contributed by atoms with E-state index in [1.165, 1.54) is 0 Å². The van der Waals surface area contributed by atoms with Crippen molar-refractivity contribution in [3.63, 3.8) is 0 Å². The van der Waals surface area contributed by atoms with Crippen molar-refractivity contribution in [3.8, 4) is 0 Å². The van der Waals surface area contributed by atoms with Crippen LogP contribution in [0.1, 0.15) is 10.4 Å². The highest BCUT2D eigenvalue weighted by Crippen LogP contribution is 2.11. The molecule has 2 nitrogen and oxygen atoms in total. The largest absolute Gasteiger partial charge is 0.461 e. The van der Waals surface area contributed by atoms with Crippen LogP contribution in [-0.4, -0.2) is 18.5 Å². The molecule has 0 atom stereocenters. The van der Waals surface area contributed by atoms with Gasteiger partial charge in [0.25, 0.3) is 0 Å². The fraction of sp³-hybridized carbons (Fsp3) is 0.222. The van der Waals surface area contributed by atoms with Crippen LogP contribution < -0.4 is 0 Å². The van der Waals surface area contributed by atoms with Crippen LogP contribution in [0.3, 0.4) is 0 Å². The van der Waals surface area contributed by atoms with Crippen molar-refractivity contribution in [2.45, 2.75) is 0 Å². The second-order valence-corrected chi connectivity index (χ2v) is 3.15. The molecule has 4 heteroatoms. The number of hydrogen-bond acceptors (Lipinski definition) is 2. The Kier molecular flexibility index (Phi) is 4.06. The highest BCUT2D eigenvalue weighted by atomic mass is 35.5. The summed E-state index contributed by atoms with van der Waals surface area (Å²) in [6.45, 7) is 0.215. The number of ether oxygens (including phenoxy) is 1. The molecule has 70 valence electrons. The Morgan fingerprint density at radius 1 is 1.46 bits per heavy atom. The first kappa shape index (κ1) is 10.4. The van der Waals surface area contributed by atoms with E-state index in [2.05, 4.69) is 0 Å². The lowest BCUT2D eigenvalue weighted by molar-refractivity contribution is 0.0529. The molecular weight excluding hydrogens is 211 g/mol. The third-order valence-corrected chi connectivity index (χ3v) is 1.76. The van der Waals surface area contributed by atoms with Crippen LogP contribution in [0.5, 0.6) is 0 Å². The van der Waals surface area contributed by atoms with Crippen molar-refractivity contribution in [1.29, 1.82) is 0 Å². The van der Waals surface area contributed by atoms with Crippen LogP contribution in [0.15, 0.2) is 24.3 Å². The number of halogens is 2. The molecule has 0 bridgehead atoms. The molecule has 0 aliphatic rings. The molecule has 0 aromatic heterocycles. The summed E-state index contributed by atoms with van der Waals surface area (Å²) in [4.78, 5) is 11.2. The first-order valence-corrected chi connectivity index (χ1v) is 4.64. The number of hydrogen-bond donors (Lipinski definition) is 0. The molecule has 0 saturated heterocycles. The van der Waals surface area contributed by atoms with Crippen LogP contribution in [0.4, 0.5) is 0 Å². The van der Waals surface area contributed by atoms with Gasteiger partial charge in [-0.25, -0.2) is 4.79 Å². The zero-order valence-corrected chi connectivity index (χ0v) is 8.31. The molecule has 0 radical (unpaired) electrons. The van der Waals surface area contributed by atoms with E-state index < -0.39 is 5.97 Å². The second kappa shape index (κ2) is 5.10. The molecule has 0 spiro atoms. The van der Waals surface area contributed by atoms with Gasteiger partial charge in [-0.15, -0.1) is 11.6 Å². The van der Waals surface area contributed by atoms with Gasteiger partial charge in [0.1, 0.15) is 6.61 Å². The van der Waals surface area contributed by atoms with Crippen molar-refractivity contribution in [1.82, 2.24) is 0 Å². The normalized spacial score (nSPS) is 9.69. The van der Waals surface area contributed by atoms with E-state index >= 15 is 0 Å². The van der Waals surface area contributed by atoms with E-state index in [0.717, 1.165) is 0 Å². The second-order valence-electron chi connectivity index (χ2n) is 2.34. The van der Waals surface area contributed by atoms with Gasteiger partial charge < -0.3 is 4.74 Å². The minimum Gasteiger partial charge on any atom is -0.461 e. The number of carbonyl (C=O) groups is 1. The van der Waals surface area contributed by atoms with E-state index in [4.69, 9.17) is 27.9 Å². The van der Waals surface area contributed by atoms with E-state index in [0.29, 0.717) is 16.5 Å². The highest BCUT2D eigenvalue weighted by Gasteiger charge is 2.05. The van der Waals surface area contributed by atoms with Crippen molar-refractivity contribution in [2.75, 3.05) is 12.5 Å². The molecule has 0 aliphatic carbocycles. The van der Waals surface area contributed by atoms with E-state index in [1.807, 2.05) is 0 Å². The number of benzene rings is 1. The number of esters is 1. The molecule has 13 heavy (non-hydrogen) atoms. The fourth-order valence-electron chi connectivity index (χ4n) is 0.830. The number of rotatable bonds is 3. The van der Waals surface area contributed by atoms with Gasteiger partial charge in [0.2, 0.25) is 0 Å². The van der Waals surface area contributed by atoms with Gasteiger partial charge in [0.05, 0.1) is 11.4 Å². The third kappa shape index (κ3) is 3.25. The van der Waals surface area contributed by atoms with Crippen molar-refractivity contribution in [3.05, 3.63) is 34.9 Å². The van der Waals surface area contributed by atoms with Crippen molar-refractivity contribution >= 4 is 29.2 Å². The smallest absolute Gasteiger partial charge is 0.338 e. The van der Waals surface area contributed by atoms with Gasteiger partial charge in [0.15, 0.2) is 0 Å². The lowest BCUT2D eigenvalue weighted by Crippen LogP contribution is -2.06. The summed E-state index contributed by atoms with van der Waals surface area (Å²) in [5.41, 5.74) is 0.442. The molecule has 0 aliphatic heterocycles. The Bertz CT molecular complexity index is 299. The van der Waals surface area contributed by atoms with Gasteiger partial charge in [-0.1, -0.05) is 17.7 Å².